The number of aliphatic imine (C=N–C) groups is 1. The third-order valence-electron chi connectivity index (χ3n) is 1.44. The van der Waals surface area contributed by atoms with Crippen molar-refractivity contribution in [1.82, 2.24) is 0 Å². The Morgan fingerprint density at radius 1 is 1.54 bits per heavy atom. The van der Waals surface area contributed by atoms with Gasteiger partial charge in [0.2, 0.25) is 6.08 Å². The minimum atomic E-state index is -4.20. The van der Waals surface area contributed by atoms with E-state index in [1.165, 1.54) is 12.2 Å². The molecular weight excluding hydrogens is 183 g/mol. The van der Waals surface area contributed by atoms with Gasteiger partial charge in [0.25, 0.3) is 0 Å². The predicted molar refractivity (Wildman–Crippen MR) is 42.0 cm³/mol. The lowest BCUT2D eigenvalue weighted by Crippen LogP contribution is -2.12. The highest BCUT2D eigenvalue weighted by Crippen LogP contribution is 2.23. The average Bonchev–Trinajstić information content (AvgIpc) is 2.00. The highest BCUT2D eigenvalue weighted by atomic mass is 19.4. The van der Waals surface area contributed by atoms with Crippen molar-refractivity contribution in [2.45, 2.75) is 31.5 Å². The molecule has 1 atom stereocenters. The van der Waals surface area contributed by atoms with Crippen molar-refractivity contribution >= 4 is 6.08 Å². The Hall–Kier alpha value is -1.09. The Labute approximate surface area is 74.2 Å². The summed E-state index contributed by atoms with van der Waals surface area (Å²) < 4.78 is 35.2. The van der Waals surface area contributed by atoms with Crippen LogP contribution in [-0.4, -0.2) is 18.3 Å². The van der Waals surface area contributed by atoms with E-state index < -0.39 is 18.6 Å². The first-order valence-electron chi connectivity index (χ1n) is 3.74. The molecule has 0 N–H and O–H groups in total. The molecule has 0 saturated heterocycles. The molecule has 0 aromatic carbocycles. The maximum Gasteiger partial charge on any atom is 0.389 e. The van der Waals surface area contributed by atoms with Crippen LogP contribution in [0.5, 0.6) is 0 Å². The molecule has 0 aliphatic rings. The number of carbonyl (C=O) groups excluding carboxylic acids is 1. The van der Waals surface area contributed by atoms with Gasteiger partial charge in [-0.3, -0.25) is 0 Å². The molecular formula is C8H10F3NO. The SMILES string of the molecule is C=CC[C@H](CCC(F)(F)F)N=C=O. The zero-order valence-corrected chi connectivity index (χ0v) is 6.97. The molecule has 0 aromatic rings. The van der Waals surface area contributed by atoms with E-state index in [0.29, 0.717) is 0 Å². The summed E-state index contributed by atoms with van der Waals surface area (Å²) in [5, 5.41) is 0. The summed E-state index contributed by atoms with van der Waals surface area (Å²) in [6.07, 6.45) is -2.37. The highest BCUT2D eigenvalue weighted by Gasteiger charge is 2.27. The first-order chi connectivity index (χ1) is 5.99. The monoisotopic (exact) mass is 193 g/mol. The number of nitrogens with zero attached hydrogens (tertiary/aromatic N) is 1. The molecule has 0 saturated carbocycles. The minimum Gasteiger partial charge on any atom is -0.211 e. The van der Waals surface area contributed by atoms with E-state index in [1.54, 1.807) is 0 Å². The number of rotatable bonds is 5. The smallest absolute Gasteiger partial charge is 0.211 e. The summed E-state index contributed by atoms with van der Waals surface area (Å²) in [6, 6.07) is -0.642. The summed E-state index contributed by atoms with van der Waals surface area (Å²) in [4.78, 5) is 13.0. The molecule has 0 bridgehead atoms. The summed E-state index contributed by atoms with van der Waals surface area (Å²) >= 11 is 0. The Balaban J connectivity index is 3.95. The third kappa shape index (κ3) is 7.28. The van der Waals surface area contributed by atoms with Crippen molar-refractivity contribution in [3.8, 4) is 0 Å². The fraction of sp³-hybridized carbons (Fsp3) is 0.625. The number of halogens is 3. The number of hydrogen-bond donors (Lipinski definition) is 0. The molecule has 0 unspecified atom stereocenters. The largest absolute Gasteiger partial charge is 0.389 e. The first-order valence-corrected chi connectivity index (χ1v) is 3.74. The van der Waals surface area contributed by atoms with Crippen LogP contribution in [0.1, 0.15) is 19.3 Å². The lowest BCUT2D eigenvalue weighted by atomic mass is 10.1. The van der Waals surface area contributed by atoms with Gasteiger partial charge in [0.15, 0.2) is 0 Å². The van der Waals surface area contributed by atoms with Gasteiger partial charge < -0.3 is 0 Å². The van der Waals surface area contributed by atoms with Crippen molar-refractivity contribution in [3.63, 3.8) is 0 Å². The van der Waals surface area contributed by atoms with Gasteiger partial charge >= 0.3 is 6.18 Å². The van der Waals surface area contributed by atoms with Crippen molar-refractivity contribution in [2.75, 3.05) is 0 Å². The second-order valence-corrected chi connectivity index (χ2v) is 2.55. The molecule has 0 aliphatic heterocycles. The molecule has 13 heavy (non-hydrogen) atoms. The standard InChI is InChI=1S/C8H10F3NO/c1-2-3-7(12-6-13)4-5-8(9,10)11/h2,7H,1,3-5H2/t7-/m1/s1. The van der Waals surface area contributed by atoms with Gasteiger partial charge in [-0.2, -0.15) is 13.2 Å². The molecule has 0 spiro atoms. The summed E-state index contributed by atoms with van der Waals surface area (Å²) in [5.74, 6) is 0. The van der Waals surface area contributed by atoms with Crippen LogP contribution in [0.25, 0.3) is 0 Å². The van der Waals surface area contributed by atoms with Crippen LogP contribution in [0.15, 0.2) is 17.6 Å². The molecule has 0 heterocycles. The van der Waals surface area contributed by atoms with Crippen LogP contribution >= 0.6 is 0 Å². The number of isocyanates is 1. The maximum absolute atomic E-state index is 11.7. The second kappa shape index (κ2) is 5.54. The van der Waals surface area contributed by atoms with Gasteiger partial charge in [0.05, 0.1) is 6.04 Å². The lowest BCUT2D eigenvalue weighted by Gasteiger charge is -2.09. The van der Waals surface area contributed by atoms with E-state index in [1.807, 2.05) is 0 Å². The van der Waals surface area contributed by atoms with E-state index >= 15 is 0 Å². The third-order valence-corrected chi connectivity index (χ3v) is 1.44. The molecule has 74 valence electrons. The second-order valence-electron chi connectivity index (χ2n) is 2.55. The van der Waals surface area contributed by atoms with Gasteiger partial charge in [0, 0.05) is 6.42 Å². The van der Waals surface area contributed by atoms with Crippen LogP contribution in [0, 0.1) is 0 Å². The van der Waals surface area contributed by atoms with Gasteiger partial charge in [-0.05, 0) is 12.8 Å². The normalized spacial score (nSPS) is 13.2. The van der Waals surface area contributed by atoms with Crippen LogP contribution in [0.4, 0.5) is 13.2 Å². The van der Waals surface area contributed by atoms with Crippen LogP contribution in [0.2, 0.25) is 0 Å². The average molecular weight is 193 g/mol. The Bertz CT molecular complexity index is 206. The topological polar surface area (TPSA) is 29.4 Å². The van der Waals surface area contributed by atoms with Crippen LogP contribution in [-0.2, 0) is 4.79 Å². The molecule has 0 amide bonds. The number of hydrogen-bond acceptors (Lipinski definition) is 2. The minimum absolute atomic E-state index is 0.190. The summed E-state index contributed by atoms with van der Waals surface area (Å²) in [5.41, 5.74) is 0. The predicted octanol–water partition coefficient (Wildman–Crippen LogP) is 2.61. The van der Waals surface area contributed by atoms with Gasteiger partial charge in [-0.25, -0.2) is 9.79 Å². The Morgan fingerprint density at radius 3 is 2.54 bits per heavy atom. The van der Waals surface area contributed by atoms with E-state index in [9.17, 15) is 18.0 Å². The Morgan fingerprint density at radius 2 is 2.15 bits per heavy atom. The van der Waals surface area contributed by atoms with Crippen LogP contribution < -0.4 is 0 Å². The van der Waals surface area contributed by atoms with E-state index in [4.69, 9.17) is 0 Å². The fourth-order valence-corrected chi connectivity index (χ4v) is 0.832. The summed E-state index contributed by atoms with van der Waals surface area (Å²) in [6.45, 7) is 3.36. The molecule has 5 heteroatoms. The van der Waals surface area contributed by atoms with Crippen molar-refractivity contribution in [3.05, 3.63) is 12.7 Å². The molecule has 0 aliphatic carbocycles. The lowest BCUT2D eigenvalue weighted by molar-refractivity contribution is -0.136. The molecule has 0 radical (unpaired) electrons. The number of alkyl halides is 3. The maximum atomic E-state index is 11.7. The van der Waals surface area contributed by atoms with Crippen LogP contribution in [0.3, 0.4) is 0 Å². The van der Waals surface area contributed by atoms with Crippen molar-refractivity contribution in [2.24, 2.45) is 4.99 Å². The molecule has 0 rings (SSSR count). The van der Waals surface area contributed by atoms with Crippen molar-refractivity contribution < 1.29 is 18.0 Å². The molecule has 2 nitrogen and oxygen atoms in total. The van der Waals surface area contributed by atoms with Gasteiger partial charge in [0.1, 0.15) is 0 Å². The fourth-order valence-electron chi connectivity index (χ4n) is 0.832. The summed E-state index contributed by atoms with van der Waals surface area (Å²) in [7, 11) is 0. The van der Waals surface area contributed by atoms with Crippen molar-refractivity contribution in [1.29, 1.82) is 0 Å². The zero-order chi connectivity index (χ0) is 10.3. The van der Waals surface area contributed by atoms with Gasteiger partial charge in [-0.1, -0.05) is 6.08 Å². The highest BCUT2D eigenvalue weighted by molar-refractivity contribution is 5.33. The molecule has 0 aromatic heterocycles. The van der Waals surface area contributed by atoms with E-state index in [-0.39, 0.29) is 12.8 Å². The van der Waals surface area contributed by atoms with Gasteiger partial charge in [-0.15, -0.1) is 6.58 Å². The van der Waals surface area contributed by atoms with E-state index in [0.717, 1.165) is 0 Å². The Kier molecular flexibility index (Phi) is 5.07. The zero-order valence-electron chi connectivity index (χ0n) is 6.97. The first kappa shape index (κ1) is 11.9. The molecule has 0 fully saturated rings. The van der Waals surface area contributed by atoms with E-state index in [2.05, 4.69) is 11.6 Å². The quantitative estimate of drug-likeness (QED) is 0.375.